The smallest absolute Gasteiger partial charge is 0.333 e. The number of aromatic nitrogens is 2. The molecular formula is C12H18N4O2S. The van der Waals surface area contributed by atoms with E-state index in [0.717, 1.165) is 12.2 Å². The Kier molecular flexibility index (Phi) is 6.22. The molecule has 0 aliphatic rings. The monoisotopic (exact) mass is 282 g/mol. The van der Waals surface area contributed by atoms with E-state index in [-0.39, 0.29) is 10.6 Å². The molecular weight excluding hydrogens is 264 g/mol. The van der Waals surface area contributed by atoms with Crippen LogP contribution in [-0.2, 0) is 6.54 Å². The van der Waals surface area contributed by atoms with E-state index in [0.29, 0.717) is 30.4 Å². The number of aryl methyl sites for hydroxylation is 2. The van der Waals surface area contributed by atoms with Gasteiger partial charge in [0.05, 0.1) is 10.7 Å². The van der Waals surface area contributed by atoms with Gasteiger partial charge in [-0.2, -0.15) is 5.10 Å². The van der Waals surface area contributed by atoms with E-state index in [1.165, 1.54) is 0 Å². The standard InChI is InChI=1S/C12H18N4O2S/c1-4-7-15-12(13-6-9-19-8-5-2)11(16(17)18)10(3)14-15/h2,13H,4,6-9H2,1,3H3. The van der Waals surface area contributed by atoms with E-state index in [1.54, 1.807) is 23.4 Å². The molecule has 1 N–H and O–H groups in total. The highest BCUT2D eigenvalue weighted by molar-refractivity contribution is 7.99. The van der Waals surface area contributed by atoms with Crippen LogP contribution in [0.5, 0.6) is 0 Å². The van der Waals surface area contributed by atoms with E-state index >= 15 is 0 Å². The molecule has 0 unspecified atom stereocenters. The summed E-state index contributed by atoms with van der Waals surface area (Å²) in [5.41, 5.74) is 0.507. The Hall–Kier alpha value is -1.68. The molecule has 1 aromatic heterocycles. The molecule has 19 heavy (non-hydrogen) atoms. The van der Waals surface area contributed by atoms with Gasteiger partial charge in [0.25, 0.3) is 0 Å². The Bertz CT molecular complexity index is 479. The molecule has 0 spiro atoms. The molecule has 0 fully saturated rings. The fourth-order valence-electron chi connectivity index (χ4n) is 1.71. The zero-order valence-electron chi connectivity index (χ0n) is 11.2. The molecule has 0 aromatic carbocycles. The van der Waals surface area contributed by atoms with Gasteiger partial charge in [-0.1, -0.05) is 12.8 Å². The van der Waals surface area contributed by atoms with Crippen LogP contribution in [0.1, 0.15) is 19.0 Å². The Morgan fingerprint density at radius 1 is 1.63 bits per heavy atom. The fraction of sp³-hybridized carbons (Fsp3) is 0.583. The first-order chi connectivity index (χ1) is 9.11. The molecule has 0 aliphatic heterocycles. The quantitative estimate of drug-likeness (QED) is 0.343. The van der Waals surface area contributed by atoms with E-state index < -0.39 is 0 Å². The minimum Gasteiger partial charge on any atom is -0.364 e. The second kappa shape index (κ2) is 7.69. The van der Waals surface area contributed by atoms with Crippen molar-refractivity contribution in [2.24, 2.45) is 0 Å². The summed E-state index contributed by atoms with van der Waals surface area (Å²) in [5, 5.41) is 18.4. The van der Waals surface area contributed by atoms with Crippen molar-refractivity contribution in [2.75, 3.05) is 23.4 Å². The van der Waals surface area contributed by atoms with Gasteiger partial charge in [0.2, 0.25) is 5.82 Å². The lowest BCUT2D eigenvalue weighted by Gasteiger charge is -2.07. The molecule has 1 aromatic rings. The number of terminal acetylenes is 1. The third-order valence-electron chi connectivity index (χ3n) is 2.44. The second-order valence-electron chi connectivity index (χ2n) is 3.95. The summed E-state index contributed by atoms with van der Waals surface area (Å²) in [5.74, 6) is 4.49. The molecule has 0 atom stereocenters. The third-order valence-corrected chi connectivity index (χ3v) is 3.30. The van der Waals surface area contributed by atoms with E-state index in [1.807, 2.05) is 6.92 Å². The van der Waals surface area contributed by atoms with Crippen molar-refractivity contribution in [3.05, 3.63) is 15.8 Å². The van der Waals surface area contributed by atoms with Crippen LogP contribution in [0, 0.1) is 29.4 Å². The summed E-state index contributed by atoms with van der Waals surface area (Å²) in [4.78, 5) is 10.7. The molecule has 0 radical (unpaired) electrons. The summed E-state index contributed by atoms with van der Waals surface area (Å²) in [7, 11) is 0. The Morgan fingerprint density at radius 3 is 2.95 bits per heavy atom. The van der Waals surface area contributed by atoms with Crippen molar-refractivity contribution in [1.29, 1.82) is 0 Å². The molecule has 1 heterocycles. The minimum absolute atomic E-state index is 0.0652. The first kappa shape index (κ1) is 15.4. The van der Waals surface area contributed by atoms with Crippen LogP contribution in [0.4, 0.5) is 11.5 Å². The van der Waals surface area contributed by atoms with Gasteiger partial charge < -0.3 is 5.32 Å². The van der Waals surface area contributed by atoms with Gasteiger partial charge in [-0.15, -0.1) is 18.2 Å². The lowest BCUT2D eigenvalue weighted by Crippen LogP contribution is -2.11. The second-order valence-corrected chi connectivity index (χ2v) is 5.05. The third kappa shape index (κ3) is 4.17. The number of thioether (sulfide) groups is 1. The van der Waals surface area contributed by atoms with E-state index in [2.05, 4.69) is 16.3 Å². The highest BCUT2D eigenvalue weighted by Crippen LogP contribution is 2.28. The van der Waals surface area contributed by atoms with Crippen molar-refractivity contribution in [3.8, 4) is 12.3 Å². The average molecular weight is 282 g/mol. The lowest BCUT2D eigenvalue weighted by atomic mass is 10.4. The van der Waals surface area contributed by atoms with Gasteiger partial charge in [0.15, 0.2) is 0 Å². The molecule has 104 valence electrons. The van der Waals surface area contributed by atoms with Gasteiger partial charge in [-0.05, 0) is 13.3 Å². The fourth-order valence-corrected chi connectivity index (χ4v) is 2.22. The van der Waals surface area contributed by atoms with E-state index in [4.69, 9.17) is 6.42 Å². The number of nitro groups is 1. The highest BCUT2D eigenvalue weighted by Gasteiger charge is 2.24. The molecule has 6 nitrogen and oxygen atoms in total. The summed E-state index contributed by atoms with van der Waals surface area (Å²) in [6.45, 7) is 4.95. The average Bonchev–Trinajstić information content (AvgIpc) is 2.66. The summed E-state index contributed by atoms with van der Waals surface area (Å²) >= 11 is 1.61. The van der Waals surface area contributed by atoms with Gasteiger partial charge >= 0.3 is 5.69 Å². The van der Waals surface area contributed by atoms with Crippen LogP contribution in [0.15, 0.2) is 0 Å². The van der Waals surface area contributed by atoms with Crippen LogP contribution in [0.3, 0.4) is 0 Å². The first-order valence-electron chi connectivity index (χ1n) is 6.08. The van der Waals surface area contributed by atoms with Crippen LogP contribution in [-0.4, -0.2) is 32.8 Å². The van der Waals surface area contributed by atoms with Crippen LogP contribution < -0.4 is 5.32 Å². The molecule has 0 aliphatic carbocycles. The normalized spacial score (nSPS) is 10.2. The predicted octanol–water partition coefficient (Wildman–Crippen LogP) is 2.29. The van der Waals surface area contributed by atoms with Crippen LogP contribution in [0.2, 0.25) is 0 Å². The maximum absolute atomic E-state index is 11.1. The number of hydrogen-bond donors (Lipinski definition) is 1. The number of nitrogens with one attached hydrogen (secondary N) is 1. The van der Waals surface area contributed by atoms with Gasteiger partial charge in [0, 0.05) is 18.8 Å². The molecule has 7 heteroatoms. The number of hydrogen-bond acceptors (Lipinski definition) is 5. The van der Waals surface area contributed by atoms with Crippen LogP contribution >= 0.6 is 11.8 Å². The SMILES string of the molecule is C#CCSCCNc1c([N+](=O)[O-])c(C)nn1CCC. The maximum Gasteiger partial charge on any atom is 0.333 e. The summed E-state index contributed by atoms with van der Waals surface area (Å²) < 4.78 is 1.67. The maximum atomic E-state index is 11.1. The zero-order valence-corrected chi connectivity index (χ0v) is 12.0. The van der Waals surface area contributed by atoms with E-state index in [9.17, 15) is 10.1 Å². The van der Waals surface area contributed by atoms with Crippen molar-refractivity contribution in [2.45, 2.75) is 26.8 Å². The zero-order chi connectivity index (χ0) is 14.3. The number of rotatable bonds is 8. The minimum atomic E-state index is -0.384. The molecule has 0 saturated carbocycles. The topological polar surface area (TPSA) is 73.0 Å². The van der Waals surface area contributed by atoms with Crippen LogP contribution in [0.25, 0.3) is 0 Å². The molecule has 0 amide bonds. The van der Waals surface area contributed by atoms with Crippen molar-refractivity contribution in [1.82, 2.24) is 9.78 Å². The van der Waals surface area contributed by atoms with Crippen molar-refractivity contribution in [3.63, 3.8) is 0 Å². The number of nitrogens with zero attached hydrogens (tertiary/aromatic N) is 3. The Balaban J connectivity index is 2.78. The molecule has 1 rings (SSSR count). The first-order valence-corrected chi connectivity index (χ1v) is 7.24. The van der Waals surface area contributed by atoms with Crippen molar-refractivity contribution >= 4 is 23.3 Å². The summed E-state index contributed by atoms with van der Waals surface area (Å²) in [6, 6.07) is 0. The van der Waals surface area contributed by atoms with Gasteiger partial charge in [-0.25, -0.2) is 4.68 Å². The molecule has 0 saturated heterocycles. The lowest BCUT2D eigenvalue weighted by molar-refractivity contribution is -0.384. The van der Waals surface area contributed by atoms with Gasteiger partial charge in [0.1, 0.15) is 5.69 Å². The number of anilines is 1. The highest BCUT2D eigenvalue weighted by atomic mass is 32.2. The van der Waals surface area contributed by atoms with Crippen molar-refractivity contribution < 1.29 is 4.92 Å². The summed E-state index contributed by atoms with van der Waals surface area (Å²) in [6.07, 6.45) is 6.03. The Labute approximate surface area is 117 Å². The largest absolute Gasteiger partial charge is 0.364 e. The van der Waals surface area contributed by atoms with Gasteiger partial charge in [-0.3, -0.25) is 10.1 Å². The molecule has 0 bridgehead atoms. The Morgan fingerprint density at radius 2 is 2.37 bits per heavy atom. The predicted molar refractivity (Wildman–Crippen MR) is 78.6 cm³/mol.